The van der Waals surface area contributed by atoms with Gasteiger partial charge in [-0.15, -0.1) is 0 Å². The van der Waals surface area contributed by atoms with Crippen molar-refractivity contribution in [3.05, 3.63) is 23.8 Å². The maximum absolute atomic E-state index is 5.90. The minimum absolute atomic E-state index is 0.319. The van der Waals surface area contributed by atoms with Crippen molar-refractivity contribution in [2.45, 2.75) is 44.6 Å². The van der Waals surface area contributed by atoms with E-state index in [9.17, 15) is 0 Å². The van der Waals surface area contributed by atoms with Crippen LogP contribution in [0.1, 0.15) is 43.1 Å². The summed E-state index contributed by atoms with van der Waals surface area (Å²) in [5.74, 6) is 1.98. The predicted molar refractivity (Wildman–Crippen MR) is 69.2 cm³/mol. The Balaban J connectivity index is 1.77. The molecule has 0 bridgehead atoms. The summed E-state index contributed by atoms with van der Waals surface area (Å²) < 4.78 is 5.34. The number of nitrogens with two attached hydrogens (primary N) is 1. The first kappa shape index (κ1) is 12.2. The maximum Gasteiger partial charge on any atom is 0.240 e. The molecule has 0 aliphatic heterocycles. The van der Waals surface area contributed by atoms with Gasteiger partial charge in [0.05, 0.1) is 0 Å². The third kappa shape index (κ3) is 2.63. The zero-order valence-corrected chi connectivity index (χ0v) is 10.9. The Bertz CT molecular complexity index is 542. The molecule has 0 aromatic carbocycles. The molecule has 3 rings (SSSR count). The smallest absolute Gasteiger partial charge is 0.240 e. The first-order valence-electron chi connectivity index (χ1n) is 6.60. The van der Waals surface area contributed by atoms with Crippen LogP contribution in [0.2, 0.25) is 0 Å². The normalized spacial score (nSPS) is 23.5. The summed E-state index contributed by atoms with van der Waals surface area (Å²) in [6, 6.07) is 0.319. The quantitative estimate of drug-likeness (QED) is 0.884. The van der Waals surface area contributed by atoms with Crippen molar-refractivity contribution in [1.82, 2.24) is 20.1 Å². The summed E-state index contributed by atoms with van der Waals surface area (Å²) in [5, 5.41) is 3.97. The summed E-state index contributed by atoms with van der Waals surface area (Å²) in [4.78, 5) is 12.8. The summed E-state index contributed by atoms with van der Waals surface area (Å²) in [6.07, 6.45) is 7.55. The first-order valence-corrected chi connectivity index (χ1v) is 6.60. The van der Waals surface area contributed by atoms with Crippen molar-refractivity contribution in [1.29, 1.82) is 0 Å². The number of hydrogen-bond donors (Lipinski definition) is 1. The van der Waals surface area contributed by atoms with Gasteiger partial charge < -0.3 is 10.3 Å². The summed E-state index contributed by atoms with van der Waals surface area (Å²) in [7, 11) is 0. The van der Waals surface area contributed by atoms with E-state index in [2.05, 4.69) is 20.1 Å². The van der Waals surface area contributed by atoms with Crippen LogP contribution in [-0.4, -0.2) is 26.2 Å². The molecule has 19 heavy (non-hydrogen) atoms. The molecule has 0 spiro atoms. The molecule has 0 saturated heterocycles. The van der Waals surface area contributed by atoms with Gasteiger partial charge in [-0.2, -0.15) is 4.98 Å². The highest BCUT2D eigenvalue weighted by Gasteiger charge is 2.25. The van der Waals surface area contributed by atoms with Gasteiger partial charge >= 0.3 is 0 Å². The van der Waals surface area contributed by atoms with Gasteiger partial charge in [0.1, 0.15) is 0 Å². The van der Waals surface area contributed by atoms with Crippen molar-refractivity contribution in [2.75, 3.05) is 0 Å². The summed E-state index contributed by atoms with van der Waals surface area (Å²) in [6.45, 7) is 1.94. The SMILES string of the molecule is Cc1cnc(-c2noc(C3CCC(N)CC3)n2)nc1. The molecule has 6 heteroatoms. The molecule has 100 valence electrons. The summed E-state index contributed by atoms with van der Waals surface area (Å²) in [5.41, 5.74) is 6.91. The molecule has 0 atom stereocenters. The van der Waals surface area contributed by atoms with Gasteiger partial charge in [-0.05, 0) is 38.2 Å². The topological polar surface area (TPSA) is 90.7 Å². The fourth-order valence-corrected chi connectivity index (χ4v) is 2.37. The third-order valence-electron chi connectivity index (χ3n) is 3.54. The van der Waals surface area contributed by atoms with Gasteiger partial charge in [0.15, 0.2) is 0 Å². The lowest BCUT2D eigenvalue weighted by atomic mass is 9.86. The second kappa shape index (κ2) is 5.05. The molecular formula is C13H17N5O. The van der Waals surface area contributed by atoms with Crippen LogP contribution >= 0.6 is 0 Å². The highest BCUT2D eigenvalue weighted by Crippen LogP contribution is 2.31. The van der Waals surface area contributed by atoms with Crippen molar-refractivity contribution < 1.29 is 4.52 Å². The van der Waals surface area contributed by atoms with E-state index < -0.39 is 0 Å². The van der Waals surface area contributed by atoms with Crippen LogP contribution < -0.4 is 5.73 Å². The number of hydrogen-bond acceptors (Lipinski definition) is 6. The molecule has 2 N–H and O–H groups in total. The Morgan fingerprint density at radius 2 is 1.79 bits per heavy atom. The molecule has 6 nitrogen and oxygen atoms in total. The van der Waals surface area contributed by atoms with Gasteiger partial charge in [0.2, 0.25) is 17.5 Å². The number of nitrogens with zero attached hydrogens (tertiary/aromatic N) is 4. The Labute approximate surface area is 111 Å². The van der Waals surface area contributed by atoms with Crippen LogP contribution in [0.5, 0.6) is 0 Å². The van der Waals surface area contributed by atoms with E-state index in [-0.39, 0.29) is 0 Å². The fraction of sp³-hybridized carbons (Fsp3) is 0.538. The van der Waals surface area contributed by atoms with Crippen molar-refractivity contribution >= 4 is 0 Å². The van der Waals surface area contributed by atoms with E-state index in [1.807, 2.05) is 6.92 Å². The lowest BCUT2D eigenvalue weighted by Crippen LogP contribution is -2.25. The van der Waals surface area contributed by atoms with E-state index in [1.165, 1.54) is 0 Å². The highest BCUT2D eigenvalue weighted by atomic mass is 16.5. The van der Waals surface area contributed by atoms with Crippen LogP contribution in [0.3, 0.4) is 0 Å². The zero-order valence-electron chi connectivity index (χ0n) is 10.9. The zero-order chi connectivity index (χ0) is 13.2. The van der Waals surface area contributed by atoms with Gasteiger partial charge in [-0.1, -0.05) is 5.16 Å². The average Bonchev–Trinajstić information content (AvgIpc) is 2.90. The predicted octanol–water partition coefficient (Wildman–Crippen LogP) is 1.82. The molecule has 0 unspecified atom stereocenters. The maximum atomic E-state index is 5.90. The third-order valence-corrected chi connectivity index (χ3v) is 3.54. The molecule has 1 fully saturated rings. The van der Waals surface area contributed by atoms with E-state index in [4.69, 9.17) is 10.3 Å². The second-order valence-electron chi connectivity index (χ2n) is 5.15. The monoisotopic (exact) mass is 259 g/mol. The van der Waals surface area contributed by atoms with Gasteiger partial charge in [-0.25, -0.2) is 9.97 Å². The molecule has 1 aliphatic carbocycles. The average molecular weight is 259 g/mol. The van der Waals surface area contributed by atoms with Gasteiger partial charge in [0.25, 0.3) is 0 Å². The molecule has 1 aliphatic rings. The second-order valence-corrected chi connectivity index (χ2v) is 5.15. The fourth-order valence-electron chi connectivity index (χ4n) is 2.37. The van der Waals surface area contributed by atoms with Crippen LogP contribution in [0.15, 0.2) is 16.9 Å². The molecular weight excluding hydrogens is 242 g/mol. The Morgan fingerprint density at radius 3 is 2.47 bits per heavy atom. The van der Waals surface area contributed by atoms with Crippen molar-refractivity contribution in [2.24, 2.45) is 5.73 Å². The first-order chi connectivity index (χ1) is 9.22. The Hall–Kier alpha value is -1.82. The minimum Gasteiger partial charge on any atom is -0.339 e. The molecule has 1 saturated carbocycles. The molecule has 2 heterocycles. The van der Waals surface area contributed by atoms with E-state index >= 15 is 0 Å². The molecule has 0 amide bonds. The largest absolute Gasteiger partial charge is 0.339 e. The standard InChI is InChI=1S/C13H17N5O/c1-8-6-15-11(16-7-8)12-17-13(19-18-12)9-2-4-10(14)5-3-9/h6-7,9-10H,2-5,14H2,1H3. The van der Waals surface area contributed by atoms with Gasteiger partial charge in [0, 0.05) is 24.4 Å². The van der Waals surface area contributed by atoms with Crippen molar-refractivity contribution in [3.63, 3.8) is 0 Å². The minimum atomic E-state index is 0.319. The number of aryl methyl sites for hydroxylation is 1. The summed E-state index contributed by atoms with van der Waals surface area (Å²) >= 11 is 0. The number of aromatic nitrogens is 4. The van der Waals surface area contributed by atoms with Gasteiger partial charge in [-0.3, -0.25) is 0 Å². The van der Waals surface area contributed by atoms with Crippen LogP contribution in [0.4, 0.5) is 0 Å². The van der Waals surface area contributed by atoms with Crippen LogP contribution in [0.25, 0.3) is 11.6 Å². The lowest BCUT2D eigenvalue weighted by molar-refractivity contribution is 0.301. The van der Waals surface area contributed by atoms with E-state index in [1.54, 1.807) is 12.4 Å². The van der Waals surface area contributed by atoms with Crippen molar-refractivity contribution in [3.8, 4) is 11.6 Å². The Morgan fingerprint density at radius 1 is 1.11 bits per heavy atom. The molecule has 2 aromatic rings. The number of rotatable bonds is 2. The Kier molecular flexibility index (Phi) is 3.25. The highest BCUT2D eigenvalue weighted by molar-refractivity contribution is 5.41. The lowest BCUT2D eigenvalue weighted by Gasteiger charge is -2.22. The van der Waals surface area contributed by atoms with E-state index in [0.29, 0.717) is 29.5 Å². The van der Waals surface area contributed by atoms with E-state index in [0.717, 1.165) is 31.2 Å². The molecule has 2 aromatic heterocycles. The van der Waals surface area contributed by atoms with Crippen LogP contribution in [0, 0.1) is 6.92 Å². The molecule has 0 radical (unpaired) electrons. The van der Waals surface area contributed by atoms with Crippen LogP contribution in [-0.2, 0) is 0 Å².